The van der Waals surface area contributed by atoms with Gasteiger partial charge < -0.3 is 15.5 Å². The lowest BCUT2D eigenvalue weighted by atomic mass is 10.2. The van der Waals surface area contributed by atoms with Gasteiger partial charge in [-0.2, -0.15) is 22.0 Å². The maximum atomic E-state index is 13.2. The number of anilines is 1. The minimum absolute atomic E-state index is 0.410. The van der Waals surface area contributed by atoms with E-state index in [2.05, 4.69) is 0 Å². The molecule has 1 aromatic carbocycles. The smallest absolute Gasteiger partial charge is 0.481 e. The van der Waals surface area contributed by atoms with Crippen molar-refractivity contribution < 1.29 is 42.0 Å². The molecule has 0 bridgehead atoms. The highest BCUT2D eigenvalue weighted by atomic mass is 19.4. The lowest BCUT2D eigenvalue weighted by molar-refractivity contribution is -0.600. The maximum absolute atomic E-state index is 13.2. The fourth-order valence-electron chi connectivity index (χ4n) is 1.27. The average Bonchev–Trinajstić information content (AvgIpc) is 2.37. The molecule has 0 aliphatic carbocycles. The quantitative estimate of drug-likeness (QED) is 0.292. The van der Waals surface area contributed by atoms with Crippen LogP contribution in [0.2, 0.25) is 0 Å². The Balaban J connectivity index is 3.37. The number of alkyl halides is 5. The van der Waals surface area contributed by atoms with E-state index >= 15 is 0 Å². The van der Waals surface area contributed by atoms with E-state index in [1.54, 1.807) is 5.28 Å². The Labute approximate surface area is 112 Å². The zero-order valence-electron chi connectivity index (χ0n) is 9.75. The highest BCUT2D eigenvalue weighted by Gasteiger charge is 2.67. The number of carboxylic acids is 1. The van der Waals surface area contributed by atoms with Crippen LogP contribution < -0.4 is 5.01 Å². The fourth-order valence-corrected chi connectivity index (χ4v) is 1.27. The van der Waals surface area contributed by atoms with Crippen LogP contribution in [0.4, 0.5) is 27.6 Å². The number of nitrogens with zero attached hydrogens (tertiary/aromatic N) is 3. The van der Waals surface area contributed by atoms with Gasteiger partial charge in [-0.25, -0.2) is 4.79 Å². The third-order valence-corrected chi connectivity index (χ3v) is 2.21. The van der Waals surface area contributed by atoms with E-state index in [4.69, 9.17) is 10.3 Å². The first kappa shape index (κ1) is 16.4. The number of aromatic carboxylic acids is 1. The van der Waals surface area contributed by atoms with Crippen LogP contribution in [0.3, 0.4) is 0 Å². The van der Waals surface area contributed by atoms with Crippen molar-refractivity contribution in [1.82, 2.24) is 0 Å². The van der Waals surface area contributed by atoms with E-state index in [9.17, 15) is 32.0 Å². The van der Waals surface area contributed by atoms with Crippen LogP contribution in [0.1, 0.15) is 10.4 Å². The van der Waals surface area contributed by atoms with Crippen molar-refractivity contribution in [3.05, 3.63) is 35.0 Å². The first-order chi connectivity index (χ1) is 9.52. The van der Waals surface area contributed by atoms with E-state index in [1.165, 1.54) is 0 Å². The molecule has 0 atom stereocenters. The zero-order chi connectivity index (χ0) is 16.4. The number of hydrogen-bond donors (Lipinski definition) is 2. The first-order valence-corrected chi connectivity index (χ1v) is 4.92. The maximum Gasteiger partial charge on any atom is 0.481 e. The normalized spacial score (nSPS) is 13.1. The summed E-state index contributed by atoms with van der Waals surface area (Å²) in [6.45, 7) is 0. The standard InChI is InChI=1S/C9H6F5N3O4/c10-8(11,12)9(13,14)16(17(21)15-20)6-3-1-5(2-4-6)7(18)19/h1-4,20H,(H,18,19)/b17-15-. The van der Waals surface area contributed by atoms with Gasteiger partial charge >= 0.3 is 18.2 Å². The number of carboxylic acid groups (broad SMARTS) is 1. The second-order valence-electron chi connectivity index (χ2n) is 3.55. The fraction of sp³-hybridized carbons (Fsp3) is 0.222. The number of hydrogen-bond acceptors (Lipinski definition) is 3. The van der Waals surface area contributed by atoms with Crippen molar-refractivity contribution in [2.24, 2.45) is 5.28 Å². The summed E-state index contributed by atoms with van der Waals surface area (Å²) < 4.78 is 63.4. The van der Waals surface area contributed by atoms with Crippen molar-refractivity contribution in [2.45, 2.75) is 12.2 Å². The summed E-state index contributed by atoms with van der Waals surface area (Å²) in [5.41, 5.74) is -1.44. The minimum Gasteiger partial charge on any atom is -0.568 e. The van der Waals surface area contributed by atoms with Crippen molar-refractivity contribution in [2.75, 3.05) is 5.01 Å². The van der Waals surface area contributed by atoms with Crippen molar-refractivity contribution in [1.29, 1.82) is 0 Å². The molecule has 0 saturated heterocycles. The number of rotatable bonds is 4. The molecule has 0 heterocycles. The predicted molar refractivity (Wildman–Crippen MR) is 54.7 cm³/mol. The molecule has 1 aromatic rings. The average molecular weight is 315 g/mol. The molecule has 2 N–H and O–H groups in total. The van der Waals surface area contributed by atoms with E-state index in [1.807, 2.05) is 0 Å². The molecular formula is C9H6F5N3O4. The van der Waals surface area contributed by atoms with Crippen LogP contribution in [0.5, 0.6) is 0 Å². The third-order valence-electron chi connectivity index (χ3n) is 2.21. The molecule has 21 heavy (non-hydrogen) atoms. The summed E-state index contributed by atoms with van der Waals surface area (Å²) in [6.07, 6.45) is -6.15. The lowest BCUT2D eigenvalue weighted by Gasteiger charge is -2.27. The Morgan fingerprint density at radius 3 is 2.00 bits per heavy atom. The summed E-state index contributed by atoms with van der Waals surface area (Å²) in [6, 6.07) is -3.24. The van der Waals surface area contributed by atoms with Crippen LogP contribution in [0, 0.1) is 5.21 Å². The van der Waals surface area contributed by atoms with E-state index in [0.717, 1.165) is 0 Å². The van der Waals surface area contributed by atoms with Crippen molar-refractivity contribution >= 4 is 11.7 Å². The number of halogens is 5. The SMILES string of the molecule is O=C(O)c1ccc(N(/[N+]([O-])=N/O)C(F)(F)C(F)(F)F)cc1. The zero-order valence-corrected chi connectivity index (χ0v) is 9.75. The van der Waals surface area contributed by atoms with Crippen LogP contribution >= 0.6 is 0 Å². The van der Waals surface area contributed by atoms with Gasteiger partial charge in [-0.1, -0.05) is 0 Å². The molecule has 0 saturated carbocycles. The molecule has 0 aliphatic rings. The molecule has 0 unspecified atom stereocenters. The number of benzene rings is 1. The van der Waals surface area contributed by atoms with Gasteiger partial charge in [-0.3, -0.25) is 0 Å². The van der Waals surface area contributed by atoms with Gasteiger partial charge in [0, 0.05) is 0 Å². The summed E-state index contributed by atoms with van der Waals surface area (Å²) in [4.78, 5) is 9.18. The lowest BCUT2D eigenvalue weighted by Crippen LogP contribution is -2.55. The van der Waals surface area contributed by atoms with Crippen molar-refractivity contribution in [3.8, 4) is 0 Å². The summed E-state index contributed by atoms with van der Waals surface area (Å²) in [7, 11) is 0. The molecule has 0 spiro atoms. The van der Waals surface area contributed by atoms with Gasteiger partial charge in [0.2, 0.25) is 5.28 Å². The van der Waals surface area contributed by atoms with Gasteiger partial charge in [0.25, 0.3) is 0 Å². The topological polar surface area (TPSA) is 99.2 Å². The molecule has 0 fully saturated rings. The molecule has 116 valence electrons. The summed E-state index contributed by atoms with van der Waals surface area (Å²) in [5.74, 6) is -1.46. The van der Waals surface area contributed by atoms with E-state index < -0.39 is 39.4 Å². The van der Waals surface area contributed by atoms with Gasteiger partial charge in [0.1, 0.15) is 5.69 Å². The second kappa shape index (κ2) is 5.38. The highest BCUT2D eigenvalue weighted by Crippen LogP contribution is 2.40. The first-order valence-electron chi connectivity index (χ1n) is 4.92. The third kappa shape index (κ3) is 3.09. The second-order valence-corrected chi connectivity index (χ2v) is 3.55. The number of carbonyl (C=O) groups is 1. The van der Waals surface area contributed by atoms with Crippen LogP contribution in [-0.4, -0.2) is 33.5 Å². The van der Waals surface area contributed by atoms with Crippen LogP contribution in [0.15, 0.2) is 29.5 Å². The van der Waals surface area contributed by atoms with Gasteiger partial charge in [0.05, 0.1) is 10.5 Å². The molecule has 0 radical (unpaired) electrons. The molecule has 0 aliphatic heterocycles. The Bertz CT molecular complexity index is 557. The van der Waals surface area contributed by atoms with E-state index in [0.29, 0.717) is 24.3 Å². The van der Waals surface area contributed by atoms with E-state index in [-0.39, 0.29) is 0 Å². The van der Waals surface area contributed by atoms with Gasteiger partial charge in [-0.05, 0) is 29.3 Å². The van der Waals surface area contributed by atoms with Gasteiger partial charge in [0.15, 0.2) is 0 Å². The number of hydrazine groups is 1. The Kier molecular flexibility index (Phi) is 4.20. The van der Waals surface area contributed by atoms with Crippen molar-refractivity contribution in [3.63, 3.8) is 0 Å². The Hall–Kier alpha value is -2.66. The molecule has 1 rings (SSSR count). The largest absolute Gasteiger partial charge is 0.568 e. The molecule has 0 aromatic heterocycles. The predicted octanol–water partition coefficient (Wildman–Crippen LogP) is 2.61. The summed E-state index contributed by atoms with van der Waals surface area (Å²) >= 11 is 0. The molecular weight excluding hydrogens is 309 g/mol. The molecule has 12 heteroatoms. The highest BCUT2D eigenvalue weighted by molar-refractivity contribution is 5.88. The minimum atomic E-state index is -6.15. The van der Waals surface area contributed by atoms with Crippen LogP contribution in [-0.2, 0) is 0 Å². The Morgan fingerprint density at radius 2 is 1.67 bits per heavy atom. The summed E-state index contributed by atoms with van der Waals surface area (Å²) in [5, 5.41) is 28.2. The molecule has 7 nitrogen and oxygen atoms in total. The molecule has 0 amide bonds. The monoisotopic (exact) mass is 315 g/mol. The van der Waals surface area contributed by atoms with Gasteiger partial charge in [-0.15, -0.1) is 0 Å². The Morgan fingerprint density at radius 1 is 1.19 bits per heavy atom. The van der Waals surface area contributed by atoms with Crippen LogP contribution in [0.25, 0.3) is 0 Å².